The Bertz CT molecular complexity index is 1480. The van der Waals surface area contributed by atoms with Gasteiger partial charge in [0.2, 0.25) is 5.91 Å². The average Bonchev–Trinajstić information content (AvgIpc) is 2.51. The van der Waals surface area contributed by atoms with Crippen LogP contribution in [0.4, 0.5) is 0 Å². The van der Waals surface area contributed by atoms with Gasteiger partial charge in [0.1, 0.15) is 0 Å². The van der Waals surface area contributed by atoms with Crippen molar-refractivity contribution in [1.82, 2.24) is 5.32 Å². The molecule has 0 radical (unpaired) electrons. The van der Waals surface area contributed by atoms with Crippen LogP contribution in [0.15, 0.2) is 12.2 Å². The van der Waals surface area contributed by atoms with Crippen LogP contribution >= 0.6 is 0 Å². The summed E-state index contributed by atoms with van der Waals surface area (Å²) in [6.07, 6.45) is 112. The summed E-state index contributed by atoms with van der Waals surface area (Å²) in [4.78, 5) is 24.7. The van der Waals surface area contributed by atoms with Crippen LogP contribution in [0.2, 0.25) is 0 Å². The van der Waals surface area contributed by atoms with Crippen LogP contribution in [0.1, 0.15) is 534 Å². The van der Waals surface area contributed by atoms with Crippen molar-refractivity contribution in [2.45, 2.75) is 546 Å². The van der Waals surface area contributed by atoms with Crippen molar-refractivity contribution in [2.24, 2.45) is 0 Å². The number of amides is 1. The summed E-state index contributed by atoms with van der Waals surface area (Å²) >= 11 is 0. The Labute approximate surface area is 609 Å². The lowest BCUT2D eigenvalue weighted by Crippen LogP contribution is -2.45. The van der Waals surface area contributed by atoms with Gasteiger partial charge in [-0.3, -0.25) is 9.59 Å². The molecule has 0 aromatic rings. The predicted molar refractivity (Wildman–Crippen MR) is 430 cm³/mol. The smallest absolute Gasteiger partial charge is 0.305 e. The molecule has 0 saturated carbocycles. The number of carbonyl (C=O) groups is 2. The molecule has 0 rings (SSSR count). The number of hydrogen-bond acceptors (Lipinski definition) is 5. The third-order valence-electron chi connectivity index (χ3n) is 21.8. The number of aliphatic hydroxyl groups excluding tert-OH is 2. The van der Waals surface area contributed by atoms with Crippen LogP contribution in [-0.2, 0) is 14.3 Å². The van der Waals surface area contributed by atoms with E-state index in [1.54, 1.807) is 0 Å². The molecule has 0 aromatic carbocycles. The third-order valence-corrected chi connectivity index (χ3v) is 21.8. The number of esters is 1. The Morgan fingerprint density at radius 3 is 0.732 bits per heavy atom. The zero-order valence-corrected chi connectivity index (χ0v) is 66.6. The van der Waals surface area contributed by atoms with Gasteiger partial charge in [0.25, 0.3) is 0 Å². The normalized spacial score (nSPS) is 12.4. The molecule has 0 aromatic heterocycles. The van der Waals surface area contributed by atoms with Crippen molar-refractivity contribution >= 4 is 11.9 Å². The lowest BCUT2D eigenvalue weighted by molar-refractivity contribution is -0.143. The molecular formula is C91H179NO5. The summed E-state index contributed by atoms with van der Waals surface area (Å²) in [6, 6.07) is -0.537. The molecule has 0 spiro atoms. The molecular weight excluding hydrogens is 1190 g/mol. The maximum Gasteiger partial charge on any atom is 0.305 e. The highest BCUT2D eigenvalue weighted by Gasteiger charge is 2.20. The summed E-state index contributed by atoms with van der Waals surface area (Å²) in [5, 5.41) is 23.5. The number of ether oxygens (including phenoxy) is 1. The van der Waals surface area contributed by atoms with Crippen LogP contribution in [0.5, 0.6) is 0 Å². The molecule has 578 valence electrons. The average molecular weight is 1370 g/mol. The van der Waals surface area contributed by atoms with Crippen LogP contribution < -0.4 is 5.32 Å². The maximum absolute atomic E-state index is 12.6. The summed E-state index contributed by atoms with van der Waals surface area (Å²) < 4.78 is 5.53. The van der Waals surface area contributed by atoms with Crippen molar-refractivity contribution in [2.75, 3.05) is 13.2 Å². The molecule has 0 aliphatic rings. The molecule has 6 heteroatoms. The van der Waals surface area contributed by atoms with E-state index in [9.17, 15) is 19.8 Å². The van der Waals surface area contributed by atoms with Gasteiger partial charge in [-0.1, -0.05) is 482 Å². The van der Waals surface area contributed by atoms with Crippen molar-refractivity contribution in [3.63, 3.8) is 0 Å². The van der Waals surface area contributed by atoms with Gasteiger partial charge in [0.15, 0.2) is 0 Å². The van der Waals surface area contributed by atoms with Crippen LogP contribution in [-0.4, -0.2) is 47.4 Å². The Kier molecular flexibility index (Phi) is 85.7. The number of unbranched alkanes of at least 4 members (excludes halogenated alkanes) is 74. The van der Waals surface area contributed by atoms with Gasteiger partial charge < -0.3 is 20.3 Å². The molecule has 0 fully saturated rings. The van der Waals surface area contributed by atoms with Crippen molar-refractivity contribution in [3.05, 3.63) is 12.2 Å². The molecule has 0 bridgehead atoms. The van der Waals surface area contributed by atoms with Gasteiger partial charge in [-0.25, -0.2) is 0 Å². The monoisotopic (exact) mass is 1370 g/mol. The van der Waals surface area contributed by atoms with Crippen molar-refractivity contribution in [1.29, 1.82) is 0 Å². The maximum atomic E-state index is 12.6. The molecule has 2 atom stereocenters. The van der Waals surface area contributed by atoms with E-state index in [4.69, 9.17) is 4.74 Å². The second-order valence-corrected chi connectivity index (χ2v) is 31.6. The van der Waals surface area contributed by atoms with Gasteiger partial charge in [0.05, 0.1) is 25.4 Å². The standard InChI is InChI=1S/C91H179NO5/c1-3-5-7-9-11-13-15-17-19-21-23-24-44-48-51-55-59-63-67-71-75-79-83-89(94)88(87-93)92-90(95)84-80-76-72-68-64-60-56-52-49-45-42-40-38-36-34-32-30-28-26-25-27-29-31-33-35-37-39-41-43-46-50-54-58-62-66-70-74-78-82-86-97-91(96)85-81-77-73-69-65-61-57-53-47-22-20-18-16-14-12-10-8-6-4-2/h18,20,88-89,93-94H,3-17,19,21-87H2,1-2H3,(H,92,95)/b20-18-. The first-order valence-corrected chi connectivity index (χ1v) is 45.4. The third kappa shape index (κ3) is 83.4. The quantitative estimate of drug-likeness (QED) is 0.0320. The summed E-state index contributed by atoms with van der Waals surface area (Å²) in [5.41, 5.74) is 0. The highest BCUT2D eigenvalue weighted by Crippen LogP contribution is 2.22. The van der Waals surface area contributed by atoms with E-state index in [1.807, 2.05) is 0 Å². The fourth-order valence-corrected chi connectivity index (χ4v) is 14.9. The van der Waals surface area contributed by atoms with Gasteiger partial charge in [-0.2, -0.15) is 0 Å². The Hall–Kier alpha value is -1.40. The second kappa shape index (κ2) is 87.0. The minimum atomic E-state index is -0.661. The van der Waals surface area contributed by atoms with E-state index in [0.717, 1.165) is 38.5 Å². The van der Waals surface area contributed by atoms with Crippen molar-refractivity contribution < 1.29 is 24.5 Å². The Morgan fingerprint density at radius 2 is 0.485 bits per heavy atom. The van der Waals surface area contributed by atoms with Crippen LogP contribution in [0.25, 0.3) is 0 Å². The van der Waals surface area contributed by atoms with Gasteiger partial charge in [0, 0.05) is 12.8 Å². The largest absolute Gasteiger partial charge is 0.466 e. The lowest BCUT2D eigenvalue weighted by Gasteiger charge is -2.22. The van der Waals surface area contributed by atoms with Gasteiger partial charge in [-0.15, -0.1) is 0 Å². The van der Waals surface area contributed by atoms with E-state index in [-0.39, 0.29) is 18.5 Å². The minimum absolute atomic E-state index is 0.0223. The molecule has 97 heavy (non-hydrogen) atoms. The highest BCUT2D eigenvalue weighted by atomic mass is 16.5. The van der Waals surface area contributed by atoms with Crippen LogP contribution in [0, 0.1) is 0 Å². The SMILES string of the molecule is CCCCCCCC/C=C\CCCCCCCCCCCC(=O)OCCCCCCCCCCCCCCCCCCCCCCCCCCCCCCCCCCCCCCCCCC(=O)NC(CO)C(O)CCCCCCCCCCCCCCCCCCCCCCCC. The Morgan fingerprint density at radius 1 is 0.278 bits per heavy atom. The van der Waals surface area contributed by atoms with Crippen LogP contribution in [0.3, 0.4) is 0 Å². The molecule has 0 saturated heterocycles. The van der Waals surface area contributed by atoms with E-state index < -0.39 is 12.1 Å². The topological polar surface area (TPSA) is 95.9 Å². The van der Waals surface area contributed by atoms with Gasteiger partial charge in [-0.05, 0) is 51.4 Å². The molecule has 0 heterocycles. The molecule has 2 unspecified atom stereocenters. The van der Waals surface area contributed by atoms with Crippen molar-refractivity contribution in [3.8, 4) is 0 Å². The first-order chi connectivity index (χ1) is 48.0. The van der Waals surface area contributed by atoms with E-state index in [2.05, 4.69) is 31.3 Å². The summed E-state index contributed by atoms with van der Waals surface area (Å²) in [7, 11) is 0. The fourth-order valence-electron chi connectivity index (χ4n) is 14.9. The molecule has 6 nitrogen and oxygen atoms in total. The van der Waals surface area contributed by atoms with Gasteiger partial charge >= 0.3 is 5.97 Å². The summed E-state index contributed by atoms with van der Waals surface area (Å²) in [6.45, 7) is 5.02. The number of carbonyl (C=O) groups excluding carboxylic acids is 2. The first-order valence-electron chi connectivity index (χ1n) is 45.4. The molecule has 0 aliphatic carbocycles. The number of allylic oxidation sites excluding steroid dienone is 2. The number of hydrogen-bond donors (Lipinski definition) is 3. The van der Waals surface area contributed by atoms with E-state index in [1.165, 1.54) is 462 Å². The Balaban J connectivity index is 3.29. The highest BCUT2D eigenvalue weighted by molar-refractivity contribution is 5.76. The second-order valence-electron chi connectivity index (χ2n) is 31.6. The zero-order valence-electron chi connectivity index (χ0n) is 66.6. The zero-order chi connectivity index (χ0) is 69.8. The van der Waals surface area contributed by atoms with E-state index in [0.29, 0.717) is 25.9 Å². The predicted octanol–water partition coefficient (Wildman–Crippen LogP) is 30.6. The number of rotatable bonds is 87. The molecule has 3 N–H and O–H groups in total. The first kappa shape index (κ1) is 95.6. The minimum Gasteiger partial charge on any atom is -0.466 e. The fraction of sp³-hybridized carbons (Fsp3) is 0.956. The molecule has 1 amide bonds. The summed E-state index contributed by atoms with van der Waals surface area (Å²) in [5.74, 6) is 0.00292. The molecule has 0 aliphatic heterocycles. The number of nitrogens with one attached hydrogen (secondary N) is 1. The number of aliphatic hydroxyl groups is 2. The van der Waals surface area contributed by atoms with E-state index >= 15 is 0 Å². The lowest BCUT2D eigenvalue weighted by atomic mass is 10.0.